The molecule has 42 heavy (non-hydrogen) atoms. The van der Waals surface area contributed by atoms with Crippen molar-refractivity contribution in [1.82, 2.24) is 5.32 Å². The summed E-state index contributed by atoms with van der Waals surface area (Å²) < 4.78 is 38.8. The third kappa shape index (κ3) is 11.4. The van der Waals surface area contributed by atoms with E-state index in [1.807, 2.05) is 27.7 Å². The number of benzene rings is 1. The number of allylic oxidation sites excluding steroid dienone is 3. The number of nitrogens with two attached hydrogens (primary N) is 1. The number of amides is 1. The van der Waals surface area contributed by atoms with Gasteiger partial charge in [0, 0.05) is 24.4 Å². The highest BCUT2D eigenvalue weighted by molar-refractivity contribution is 5.72. The van der Waals surface area contributed by atoms with Crippen molar-refractivity contribution in [2.45, 2.75) is 104 Å². The lowest BCUT2D eigenvalue weighted by Crippen LogP contribution is -2.35. The quantitative estimate of drug-likeness (QED) is 0.103. The lowest BCUT2D eigenvalue weighted by molar-refractivity contribution is -0.235. The van der Waals surface area contributed by atoms with Crippen LogP contribution >= 0.6 is 0 Å². The maximum atomic E-state index is 14.4. The molecule has 1 aromatic carbocycles. The molecule has 4 N–H and O–H groups in total. The number of unbranched alkanes of at least 4 members (excludes halogenated alkanes) is 2. The van der Waals surface area contributed by atoms with E-state index in [1.54, 1.807) is 12.1 Å². The first-order valence-corrected chi connectivity index (χ1v) is 15.2. The Morgan fingerprint density at radius 3 is 2.60 bits per heavy atom. The Labute approximate surface area is 249 Å². The van der Waals surface area contributed by atoms with Crippen molar-refractivity contribution < 1.29 is 33.0 Å². The summed E-state index contributed by atoms with van der Waals surface area (Å²) in [5.41, 5.74) is 9.09. The van der Waals surface area contributed by atoms with Crippen LogP contribution in [0.15, 0.2) is 35.9 Å². The van der Waals surface area contributed by atoms with Crippen LogP contribution in [0.4, 0.5) is 13.6 Å². The Hall–Kier alpha value is -2.94. The van der Waals surface area contributed by atoms with Crippen LogP contribution in [0.3, 0.4) is 0 Å². The monoisotopic (exact) mass is 592 g/mol. The first-order valence-electron chi connectivity index (χ1n) is 15.2. The van der Waals surface area contributed by atoms with Crippen LogP contribution in [0.2, 0.25) is 0 Å². The Bertz CT molecular complexity index is 1100. The summed E-state index contributed by atoms with van der Waals surface area (Å²) in [6, 6.07) is 3.47. The molecule has 1 aliphatic carbocycles. The van der Waals surface area contributed by atoms with Gasteiger partial charge in [-0.3, -0.25) is 4.79 Å². The molecule has 1 aromatic rings. The summed E-state index contributed by atoms with van der Waals surface area (Å²) in [5.74, 6) is -0.979. The SMILES string of the molecule is C=C(C)[C@@H]1CCC(C)=C[C@H]1c1c(O)cc(CCCCC)cc1OC(=O)NCCC(F)(F)OC(=O)C[C@@H](CN)CC(C)C. The fraction of sp³-hybridized carbons (Fsp3) is 0.636. The molecule has 0 fully saturated rings. The predicted octanol–water partition coefficient (Wildman–Crippen LogP) is 7.77. The fourth-order valence-electron chi connectivity index (χ4n) is 5.59. The van der Waals surface area contributed by atoms with E-state index in [-0.39, 0.29) is 48.1 Å². The lowest BCUT2D eigenvalue weighted by atomic mass is 9.73. The van der Waals surface area contributed by atoms with E-state index < -0.39 is 31.1 Å². The van der Waals surface area contributed by atoms with E-state index in [2.05, 4.69) is 29.6 Å². The van der Waals surface area contributed by atoms with Crippen LogP contribution in [-0.4, -0.2) is 36.4 Å². The standard InChI is InChI=1S/C33H50F2N2O5/c1-7-8-9-10-24-17-28(38)31(27-16-23(6)11-12-26(27)22(4)5)29(18-24)41-32(40)37-14-13-33(34,35)42-30(39)19-25(20-36)15-21(2)3/h16-18,21,25-27,38H,4,7-15,19-20,36H2,1-3,5-6H3,(H,37,40)/t25-,26-,27+/m0/s1. The molecule has 0 aromatic heterocycles. The van der Waals surface area contributed by atoms with Gasteiger partial charge in [0.1, 0.15) is 11.5 Å². The largest absolute Gasteiger partial charge is 0.507 e. The van der Waals surface area contributed by atoms with Crippen molar-refractivity contribution in [3.8, 4) is 11.5 Å². The van der Waals surface area contributed by atoms with Gasteiger partial charge in [-0.2, -0.15) is 8.78 Å². The molecule has 0 radical (unpaired) electrons. The van der Waals surface area contributed by atoms with E-state index in [0.717, 1.165) is 48.8 Å². The van der Waals surface area contributed by atoms with Gasteiger partial charge < -0.3 is 25.6 Å². The number of carbonyl (C=O) groups excluding carboxylic acids is 2. The molecule has 0 aliphatic heterocycles. The highest BCUT2D eigenvalue weighted by atomic mass is 19.3. The molecule has 9 heteroatoms. The second-order valence-corrected chi connectivity index (χ2v) is 12.1. The van der Waals surface area contributed by atoms with Crippen molar-refractivity contribution in [2.24, 2.45) is 23.5 Å². The van der Waals surface area contributed by atoms with Crippen LogP contribution in [0.25, 0.3) is 0 Å². The van der Waals surface area contributed by atoms with Gasteiger partial charge in [0.25, 0.3) is 0 Å². The zero-order valence-corrected chi connectivity index (χ0v) is 25.9. The maximum Gasteiger partial charge on any atom is 0.412 e. The van der Waals surface area contributed by atoms with E-state index in [0.29, 0.717) is 18.4 Å². The number of hydrogen-bond donors (Lipinski definition) is 3. The molecule has 3 atom stereocenters. The summed E-state index contributed by atoms with van der Waals surface area (Å²) in [6.07, 6.45) is 2.32. The molecule has 7 nitrogen and oxygen atoms in total. The molecular weight excluding hydrogens is 542 g/mol. The van der Waals surface area contributed by atoms with Gasteiger partial charge in [-0.25, -0.2) is 4.79 Å². The molecular formula is C33H50F2N2O5. The number of rotatable bonds is 16. The molecule has 1 aliphatic rings. The second-order valence-electron chi connectivity index (χ2n) is 12.1. The molecule has 236 valence electrons. The van der Waals surface area contributed by atoms with E-state index in [9.17, 15) is 23.5 Å². The molecule has 0 spiro atoms. The third-order valence-electron chi connectivity index (χ3n) is 7.71. The number of alkyl halides is 2. The summed E-state index contributed by atoms with van der Waals surface area (Å²) >= 11 is 0. The number of aromatic hydroxyl groups is 1. The van der Waals surface area contributed by atoms with E-state index in [4.69, 9.17) is 10.5 Å². The van der Waals surface area contributed by atoms with Crippen molar-refractivity contribution in [2.75, 3.05) is 13.1 Å². The van der Waals surface area contributed by atoms with Gasteiger partial charge >= 0.3 is 18.2 Å². The number of halogens is 2. The van der Waals surface area contributed by atoms with E-state index >= 15 is 0 Å². The number of carbonyl (C=O) groups is 2. The number of ether oxygens (including phenoxy) is 2. The number of phenols is 1. The van der Waals surface area contributed by atoms with Gasteiger partial charge in [-0.05, 0) is 87.9 Å². The first kappa shape index (κ1) is 35.3. The Balaban J connectivity index is 2.14. The Kier molecular flexibility index (Phi) is 14.0. The Morgan fingerprint density at radius 2 is 1.98 bits per heavy atom. The zero-order valence-electron chi connectivity index (χ0n) is 25.9. The first-order chi connectivity index (χ1) is 19.8. The molecule has 0 saturated carbocycles. The van der Waals surface area contributed by atoms with Crippen LogP contribution in [-0.2, 0) is 16.0 Å². The predicted molar refractivity (Wildman–Crippen MR) is 162 cm³/mol. The van der Waals surface area contributed by atoms with Crippen LogP contribution in [0.5, 0.6) is 11.5 Å². The Morgan fingerprint density at radius 1 is 1.26 bits per heavy atom. The third-order valence-corrected chi connectivity index (χ3v) is 7.71. The minimum atomic E-state index is -3.76. The molecule has 0 heterocycles. The highest BCUT2D eigenvalue weighted by Gasteiger charge is 2.35. The molecule has 0 unspecified atom stereocenters. The average Bonchev–Trinajstić information content (AvgIpc) is 2.87. The molecule has 0 saturated heterocycles. The summed E-state index contributed by atoms with van der Waals surface area (Å²) in [7, 11) is 0. The average molecular weight is 593 g/mol. The van der Waals surface area contributed by atoms with Crippen molar-refractivity contribution in [3.63, 3.8) is 0 Å². The van der Waals surface area contributed by atoms with Gasteiger partial charge in [0.2, 0.25) is 0 Å². The number of phenolic OH excluding ortho intramolecular Hbond substituents is 1. The van der Waals surface area contributed by atoms with Crippen LogP contribution in [0, 0.1) is 17.8 Å². The summed E-state index contributed by atoms with van der Waals surface area (Å²) in [6.45, 7) is 13.9. The maximum absolute atomic E-state index is 14.4. The number of esters is 1. The normalized spacial score (nSPS) is 17.9. The van der Waals surface area contributed by atoms with E-state index in [1.165, 1.54) is 0 Å². The smallest absolute Gasteiger partial charge is 0.412 e. The van der Waals surface area contributed by atoms with Crippen molar-refractivity contribution in [1.29, 1.82) is 0 Å². The van der Waals surface area contributed by atoms with Crippen LogP contribution in [0.1, 0.15) is 103 Å². The molecule has 0 bridgehead atoms. The van der Waals surface area contributed by atoms with Gasteiger partial charge in [0.15, 0.2) is 0 Å². The minimum Gasteiger partial charge on any atom is -0.507 e. The zero-order chi connectivity index (χ0) is 31.4. The molecule has 2 rings (SSSR count). The fourth-order valence-corrected chi connectivity index (χ4v) is 5.59. The summed E-state index contributed by atoms with van der Waals surface area (Å²) in [4.78, 5) is 24.9. The number of nitrogens with one attached hydrogen (secondary N) is 1. The second kappa shape index (κ2) is 16.6. The summed E-state index contributed by atoms with van der Waals surface area (Å²) in [5, 5.41) is 13.5. The van der Waals surface area contributed by atoms with Gasteiger partial charge in [-0.15, -0.1) is 0 Å². The number of aryl methyl sites for hydroxylation is 1. The minimum absolute atomic E-state index is 0.0284. The van der Waals surface area contributed by atoms with Gasteiger partial charge in [0.05, 0.1) is 6.42 Å². The topological polar surface area (TPSA) is 111 Å². The highest BCUT2D eigenvalue weighted by Crippen LogP contribution is 2.47. The van der Waals surface area contributed by atoms with Gasteiger partial charge in [-0.1, -0.05) is 57.4 Å². The van der Waals surface area contributed by atoms with Crippen molar-refractivity contribution in [3.05, 3.63) is 47.1 Å². The lowest BCUT2D eigenvalue weighted by Gasteiger charge is -2.32. The number of hydrogen-bond acceptors (Lipinski definition) is 6. The van der Waals surface area contributed by atoms with Crippen molar-refractivity contribution >= 4 is 12.1 Å². The molecule has 1 amide bonds. The van der Waals surface area contributed by atoms with Crippen LogP contribution < -0.4 is 15.8 Å².